The van der Waals surface area contributed by atoms with Crippen LogP contribution < -0.4 is 4.90 Å². The molecule has 4 aromatic carbocycles. The summed E-state index contributed by atoms with van der Waals surface area (Å²) in [5, 5.41) is 2.38. The second kappa shape index (κ2) is 7.54. The van der Waals surface area contributed by atoms with E-state index < -0.39 is 0 Å². The Hall–Kier alpha value is -3.56. The van der Waals surface area contributed by atoms with Crippen LogP contribution in [0.2, 0.25) is 0 Å². The zero-order valence-electron chi connectivity index (χ0n) is 18.0. The van der Waals surface area contributed by atoms with E-state index in [1.165, 1.54) is 43.1 Å². The Balaban J connectivity index is 1.57. The third-order valence-corrected chi connectivity index (χ3v) is 7.11. The van der Waals surface area contributed by atoms with Gasteiger partial charge in [-0.15, -0.1) is 0 Å². The number of hydrogen-bond donors (Lipinski definition) is 0. The average molecular weight is 431 g/mol. The highest BCUT2D eigenvalue weighted by Gasteiger charge is 2.25. The molecule has 0 saturated carbocycles. The molecule has 0 aliphatic carbocycles. The lowest BCUT2D eigenvalue weighted by Crippen LogP contribution is -2.15. The molecule has 32 heavy (non-hydrogen) atoms. The predicted molar refractivity (Wildman–Crippen MR) is 135 cm³/mol. The van der Waals surface area contributed by atoms with Gasteiger partial charge in [0, 0.05) is 32.6 Å². The normalized spacial score (nSPS) is 12.5. The number of fused-ring (bicyclic) bond motifs is 3. The maximum absolute atomic E-state index is 4.76. The predicted octanol–water partition coefficient (Wildman–Crippen LogP) is 8.45. The Kier molecular flexibility index (Phi) is 4.51. The molecule has 0 amide bonds. The van der Waals surface area contributed by atoms with Crippen LogP contribution in [0.4, 0.5) is 17.1 Å². The maximum Gasteiger partial charge on any atom is 0.0781 e. The van der Waals surface area contributed by atoms with Gasteiger partial charge in [-0.2, -0.15) is 0 Å². The fourth-order valence-corrected chi connectivity index (χ4v) is 5.46. The van der Waals surface area contributed by atoms with E-state index in [1.54, 1.807) is 0 Å². The number of aryl methyl sites for hydroxylation is 2. The Morgan fingerprint density at radius 2 is 1.41 bits per heavy atom. The molecule has 0 fully saturated rings. The Labute approximate surface area is 192 Å². The van der Waals surface area contributed by atoms with Crippen LogP contribution in [0.25, 0.3) is 22.0 Å². The Morgan fingerprint density at radius 1 is 0.688 bits per heavy atom. The molecule has 2 heterocycles. The lowest BCUT2D eigenvalue weighted by molar-refractivity contribution is 1.15. The topological polar surface area (TPSA) is 16.1 Å². The van der Waals surface area contributed by atoms with Crippen LogP contribution in [-0.2, 0) is 0 Å². The first kappa shape index (κ1) is 19.1. The monoisotopic (exact) mass is 430 g/mol. The van der Waals surface area contributed by atoms with Crippen LogP contribution in [-0.4, -0.2) is 4.98 Å². The highest BCUT2D eigenvalue weighted by molar-refractivity contribution is 7.99. The first-order valence-corrected chi connectivity index (χ1v) is 11.6. The van der Waals surface area contributed by atoms with Crippen molar-refractivity contribution in [2.45, 2.75) is 23.6 Å². The second-order valence-electron chi connectivity index (χ2n) is 8.31. The van der Waals surface area contributed by atoms with Crippen LogP contribution >= 0.6 is 11.8 Å². The molecule has 6 rings (SSSR count). The van der Waals surface area contributed by atoms with E-state index in [2.05, 4.69) is 110 Å². The summed E-state index contributed by atoms with van der Waals surface area (Å²) < 4.78 is 0. The SMILES string of the molecule is Cc1ccc2c(c1)N(c1cccc(-c3nccc4ccccc34)c1)c1cc(C)ccc1S2. The van der Waals surface area contributed by atoms with Gasteiger partial charge < -0.3 is 4.90 Å². The minimum Gasteiger partial charge on any atom is -0.308 e. The van der Waals surface area contributed by atoms with Crippen LogP contribution in [0.1, 0.15) is 11.1 Å². The van der Waals surface area contributed by atoms with Crippen LogP contribution in [0.15, 0.2) is 107 Å². The second-order valence-corrected chi connectivity index (χ2v) is 9.39. The van der Waals surface area contributed by atoms with Crippen molar-refractivity contribution < 1.29 is 0 Å². The standard InChI is InChI=1S/C29H22N2S/c1-19-10-12-27-25(16-19)31(26-17-20(2)11-13-28(26)32-27)23-8-5-7-22(18-23)29-24-9-4-3-6-21(24)14-15-30-29/h3-18H,1-2H3. The van der Waals surface area contributed by atoms with E-state index in [9.17, 15) is 0 Å². The molecule has 0 atom stereocenters. The molecular formula is C29H22N2S. The van der Waals surface area contributed by atoms with Gasteiger partial charge in [-0.25, -0.2) is 0 Å². The lowest BCUT2D eigenvalue weighted by Gasteiger charge is -2.33. The van der Waals surface area contributed by atoms with Gasteiger partial charge in [0.1, 0.15) is 0 Å². The van der Waals surface area contributed by atoms with Gasteiger partial charge in [0.25, 0.3) is 0 Å². The fourth-order valence-electron chi connectivity index (χ4n) is 4.45. The van der Waals surface area contributed by atoms with Crippen LogP contribution in [0, 0.1) is 13.8 Å². The molecule has 5 aromatic rings. The highest BCUT2D eigenvalue weighted by Crippen LogP contribution is 2.52. The Bertz CT molecular complexity index is 1430. The van der Waals surface area contributed by atoms with Crippen molar-refractivity contribution in [3.63, 3.8) is 0 Å². The highest BCUT2D eigenvalue weighted by atomic mass is 32.2. The molecule has 154 valence electrons. The van der Waals surface area contributed by atoms with Crippen molar-refractivity contribution in [3.8, 4) is 11.3 Å². The summed E-state index contributed by atoms with van der Waals surface area (Å²) in [6.07, 6.45) is 1.90. The van der Waals surface area contributed by atoms with Crippen molar-refractivity contribution in [1.29, 1.82) is 0 Å². The molecule has 0 saturated heterocycles. The quantitative estimate of drug-likeness (QED) is 0.274. The first-order chi connectivity index (χ1) is 15.7. The average Bonchev–Trinajstić information content (AvgIpc) is 2.82. The molecule has 1 aliphatic rings. The molecule has 1 aliphatic heterocycles. The van der Waals surface area contributed by atoms with Crippen molar-refractivity contribution in [2.75, 3.05) is 4.90 Å². The van der Waals surface area contributed by atoms with E-state index in [0.29, 0.717) is 0 Å². The number of aromatic nitrogens is 1. The number of benzene rings is 4. The molecule has 2 nitrogen and oxygen atoms in total. The minimum atomic E-state index is 1.02. The summed E-state index contributed by atoms with van der Waals surface area (Å²) in [5.74, 6) is 0. The molecular weight excluding hydrogens is 408 g/mol. The number of pyridine rings is 1. The summed E-state index contributed by atoms with van der Waals surface area (Å²) in [5.41, 5.74) is 8.28. The fraction of sp³-hybridized carbons (Fsp3) is 0.0690. The summed E-state index contributed by atoms with van der Waals surface area (Å²) in [7, 11) is 0. The van der Waals surface area contributed by atoms with Crippen LogP contribution in [0.5, 0.6) is 0 Å². The van der Waals surface area contributed by atoms with E-state index in [4.69, 9.17) is 4.98 Å². The largest absolute Gasteiger partial charge is 0.308 e. The van der Waals surface area contributed by atoms with E-state index in [1.807, 2.05) is 18.0 Å². The smallest absolute Gasteiger partial charge is 0.0781 e. The molecule has 0 bridgehead atoms. The zero-order chi connectivity index (χ0) is 21.7. The van der Waals surface area contributed by atoms with Gasteiger partial charge in [0.15, 0.2) is 0 Å². The lowest BCUT2D eigenvalue weighted by atomic mass is 10.0. The van der Waals surface area contributed by atoms with Gasteiger partial charge in [0.05, 0.1) is 17.1 Å². The third kappa shape index (κ3) is 3.17. The molecule has 0 spiro atoms. The molecule has 3 heteroatoms. The minimum absolute atomic E-state index is 1.02. The van der Waals surface area contributed by atoms with Crippen molar-refractivity contribution in [2.24, 2.45) is 0 Å². The molecule has 0 radical (unpaired) electrons. The Morgan fingerprint density at radius 3 is 2.16 bits per heavy atom. The number of nitrogens with zero attached hydrogens (tertiary/aromatic N) is 2. The van der Waals surface area contributed by atoms with E-state index in [-0.39, 0.29) is 0 Å². The van der Waals surface area contributed by atoms with Gasteiger partial charge in [-0.3, -0.25) is 4.98 Å². The zero-order valence-corrected chi connectivity index (χ0v) is 18.9. The third-order valence-electron chi connectivity index (χ3n) is 5.98. The van der Waals surface area contributed by atoms with Gasteiger partial charge in [-0.1, -0.05) is 60.3 Å². The first-order valence-electron chi connectivity index (χ1n) is 10.8. The number of hydrogen-bond acceptors (Lipinski definition) is 3. The van der Waals surface area contributed by atoms with Crippen molar-refractivity contribution >= 4 is 39.6 Å². The van der Waals surface area contributed by atoms with Crippen molar-refractivity contribution in [1.82, 2.24) is 4.98 Å². The number of rotatable bonds is 2. The summed E-state index contributed by atoms with van der Waals surface area (Å²) in [6, 6.07) is 32.7. The molecule has 0 N–H and O–H groups in total. The van der Waals surface area contributed by atoms with Gasteiger partial charge >= 0.3 is 0 Å². The summed E-state index contributed by atoms with van der Waals surface area (Å²) >= 11 is 1.85. The maximum atomic E-state index is 4.76. The van der Waals surface area contributed by atoms with Crippen molar-refractivity contribution in [3.05, 3.63) is 108 Å². The van der Waals surface area contributed by atoms with Crippen LogP contribution in [0.3, 0.4) is 0 Å². The molecule has 0 unspecified atom stereocenters. The van der Waals surface area contributed by atoms with E-state index >= 15 is 0 Å². The summed E-state index contributed by atoms with van der Waals surface area (Å²) in [4.78, 5) is 9.71. The van der Waals surface area contributed by atoms with Gasteiger partial charge in [0.2, 0.25) is 0 Å². The molecule has 1 aromatic heterocycles. The van der Waals surface area contributed by atoms with Gasteiger partial charge in [-0.05, 0) is 72.8 Å². The summed E-state index contributed by atoms with van der Waals surface area (Å²) in [6.45, 7) is 4.32. The van der Waals surface area contributed by atoms with E-state index in [0.717, 1.165) is 16.9 Å². The number of anilines is 3.